The second kappa shape index (κ2) is 7.76. The minimum atomic E-state index is -1.13. The van der Waals surface area contributed by atoms with Gasteiger partial charge in [0.15, 0.2) is 0 Å². The standard InChI is InChI=1S/C20H26N4O2/c1-14-6-4-7-15(2)19(14)21-10-11-22-20(3,25)13-26-18-9-5-8-17-16(18)12-23-24-17/h4-9,12,21-22,25H,10-11,13H2,1-3H3,(H,23,24). The lowest BCUT2D eigenvalue weighted by Crippen LogP contribution is -2.48. The van der Waals surface area contributed by atoms with E-state index in [0.29, 0.717) is 18.8 Å². The first kappa shape index (κ1) is 18.2. The molecule has 1 heterocycles. The largest absolute Gasteiger partial charge is 0.488 e. The minimum absolute atomic E-state index is 0.140. The first-order chi connectivity index (χ1) is 12.5. The van der Waals surface area contributed by atoms with Gasteiger partial charge in [-0.1, -0.05) is 24.3 Å². The summed E-state index contributed by atoms with van der Waals surface area (Å²) in [5, 5.41) is 24.9. The van der Waals surface area contributed by atoms with Crippen molar-refractivity contribution in [3.63, 3.8) is 0 Å². The van der Waals surface area contributed by atoms with Gasteiger partial charge in [-0.15, -0.1) is 0 Å². The van der Waals surface area contributed by atoms with Crippen LogP contribution in [0.15, 0.2) is 42.6 Å². The van der Waals surface area contributed by atoms with Crippen molar-refractivity contribution in [1.29, 1.82) is 0 Å². The number of fused-ring (bicyclic) bond motifs is 1. The number of aromatic amines is 1. The third-order valence-corrected chi connectivity index (χ3v) is 4.37. The van der Waals surface area contributed by atoms with Crippen LogP contribution in [0, 0.1) is 13.8 Å². The summed E-state index contributed by atoms with van der Waals surface area (Å²) >= 11 is 0. The van der Waals surface area contributed by atoms with Crippen LogP contribution in [0.1, 0.15) is 18.1 Å². The van der Waals surface area contributed by atoms with Gasteiger partial charge < -0.3 is 15.2 Å². The summed E-state index contributed by atoms with van der Waals surface area (Å²) in [5.41, 5.74) is 3.36. The maximum absolute atomic E-state index is 10.5. The van der Waals surface area contributed by atoms with Crippen molar-refractivity contribution in [2.24, 2.45) is 0 Å². The van der Waals surface area contributed by atoms with Crippen LogP contribution >= 0.6 is 0 Å². The van der Waals surface area contributed by atoms with Gasteiger partial charge in [0.25, 0.3) is 0 Å². The molecular weight excluding hydrogens is 328 g/mol. The van der Waals surface area contributed by atoms with E-state index in [1.807, 2.05) is 18.2 Å². The summed E-state index contributed by atoms with van der Waals surface area (Å²) in [6, 6.07) is 11.9. The van der Waals surface area contributed by atoms with Gasteiger partial charge in [-0.05, 0) is 44.0 Å². The highest BCUT2D eigenvalue weighted by molar-refractivity contribution is 5.84. The Balaban J connectivity index is 1.49. The van der Waals surface area contributed by atoms with Crippen LogP contribution in [-0.2, 0) is 0 Å². The van der Waals surface area contributed by atoms with Crippen LogP contribution in [0.2, 0.25) is 0 Å². The second-order valence-electron chi connectivity index (χ2n) is 6.77. The molecule has 3 aromatic rings. The number of benzene rings is 2. The summed E-state index contributed by atoms with van der Waals surface area (Å²) in [7, 11) is 0. The van der Waals surface area contributed by atoms with E-state index in [9.17, 15) is 5.11 Å². The van der Waals surface area contributed by atoms with Crippen LogP contribution in [0.5, 0.6) is 5.75 Å². The number of rotatable bonds is 8. The highest BCUT2D eigenvalue weighted by Gasteiger charge is 2.20. The van der Waals surface area contributed by atoms with E-state index in [0.717, 1.165) is 16.6 Å². The average Bonchev–Trinajstić information content (AvgIpc) is 3.08. The number of ether oxygens (including phenoxy) is 1. The Morgan fingerprint density at radius 1 is 1.12 bits per heavy atom. The fraction of sp³-hybridized carbons (Fsp3) is 0.350. The molecule has 0 radical (unpaired) electrons. The molecule has 2 aromatic carbocycles. The molecule has 1 unspecified atom stereocenters. The van der Waals surface area contributed by atoms with Gasteiger partial charge >= 0.3 is 0 Å². The number of H-pyrrole nitrogens is 1. The molecule has 1 atom stereocenters. The van der Waals surface area contributed by atoms with Gasteiger partial charge in [0.1, 0.15) is 18.1 Å². The zero-order valence-electron chi connectivity index (χ0n) is 15.5. The average molecular weight is 354 g/mol. The SMILES string of the molecule is Cc1cccc(C)c1NCCNC(C)(O)COc1cccc2[nH]ncc12. The fourth-order valence-electron chi connectivity index (χ4n) is 2.95. The van der Waals surface area contributed by atoms with Crippen LogP contribution in [-0.4, -0.2) is 40.7 Å². The maximum Gasteiger partial charge on any atom is 0.147 e. The van der Waals surface area contributed by atoms with Crippen molar-refractivity contribution in [2.45, 2.75) is 26.5 Å². The molecule has 0 bridgehead atoms. The van der Waals surface area contributed by atoms with Crippen molar-refractivity contribution in [2.75, 3.05) is 25.0 Å². The van der Waals surface area contributed by atoms with E-state index in [1.165, 1.54) is 11.1 Å². The lowest BCUT2D eigenvalue weighted by atomic mass is 10.1. The van der Waals surface area contributed by atoms with Crippen LogP contribution < -0.4 is 15.4 Å². The predicted molar refractivity (Wildman–Crippen MR) is 105 cm³/mol. The normalized spacial score (nSPS) is 13.5. The second-order valence-corrected chi connectivity index (χ2v) is 6.77. The van der Waals surface area contributed by atoms with Gasteiger partial charge in [-0.3, -0.25) is 10.4 Å². The zero-order chi connectivity index (χ0) is 18.6. The molecule has 1 aromatic heterocycles. The van der Waals surface area contributed by atoms with Crippen LogP contribution in [0.4, 0.5) is 5.69 Å². The van der Waals surface area contributed by atoms with E-state index in [4.69, 9.17) is 4.74 Å². The molecule has 0 fully saturated rings. The fourth-order valence-corrected chi connectivity index (χ4v) is 2.95. The van der Waals surface area contributed by atoms with E-state index in [1.54, 1.807) is 13.1 Å². The highest BCUT2D eigenvalue weighted by Crippen LogP contribution is 2.24. The Morgan fingerprint density at radius 3 is 2.62 bits per heavy atom. The molecule has 0 spiro atoms. The summed E-state index contributed by atoms with van der Waals surface area (Å²) in [6.07, 6.45) is 1.72. The Kier molecular flexibility index (Phi) is 5.44. The molecule has 26 heavy (non-hydrogen) atoms. The molecule has 6 nitrogen and oxygen atoms in total. The topological polar surface area (TPSA) is 82.2 Å². The van der Waals surface area contributed by atoms with Gasteiger partial charge in [0.05, 0.1) is 17.1 Å². The number of nitrogens with one attached hydrogen (secondary N) is 3. The third kappa shape index (κ3) is 4.33. The summed E-state index contributed by atoms with van der Waals surface area (Å²) < 4.78 is 5.80. The van der Waals surface area contributed by atoms with Crippen LogP contribution in [0.3, 0.4) is 0 Å². The Labute approximate surface area is 153 Å². The number of hydrogen-bond acceptors (Lipinski definition) is 5. The quantitative estimate of drug-likeness (QED) is 0.369. The molecule has 3 rings (SSSR count). The third-order valence-electron chi connectivity index (χ3n) is 4.37. The van der Waals surface area contributed by atoms with Crippen LogP contribution in [0.25, 0.3) is 10.9 Å². The number of para-hydroxylation sites is 1. The molecule has 4 N–H and O–H groups in total. The number of aromatic nitrogens is 2. The molecule has 0 saturated carbocycles. The first-order valence-electron chi connectivity index (χ1n) is 8.79. The molecule has 0 amide bonds. The van der Waals surface area contributed by atoms with E-state index < -0.39 is 5.72 Å². The van der Waals surface area contributed by atoms with E-state index in [2.05, 4.69) is 52.9 Å². The number of hydrogen-bond donors (Lipinski definition) is 4. The predicted octanol–water partition coefficient (Wildman–Crippen LogP) is 2.97. The lowest BCUT2D eigenvalue weighted by Gasteiger charge is -2.25. The number of nitrogens with zero attached hydrogens (tertiary/aromatic N) is 1. The van der Waals surface area contributed by atoms with Crippen molar-refractivity contribution in [3.05, 3.63) is 53.7 Å². The Hall–Kier alpha value is -2.57. The summed E-state index contributed by atoms with van der Waals surface area (Å²) in [5.74, 6) is 0.701. The van der Waals surface area contributed by atoms with Gasteiger partial charge in [0.2, 0.25) is 0 Å². The molecule has 0 aliphatic carbocycles. The van der Waals surface area contributed by atoms with E-state index >= 15 is 0 Å². The van der Waals surface area contributed by atoms with Gasteiger partial charge in [-0.2, -0.15) is 5.10 Å². The number of anilines is 1. The van der Waals surface area contributed by atoms with Crippen molar-refractivity contribution >= 4 is 16.6 Å². The van der Waals surface area contributed by atoms with E-state index in [-0.39, 0.29) is 6.61 Å². The minimum Gasteiger partial charge on any atom is -0.488 e. The molecule has 0 aliphatic rings. The van der Waals surface area contributed by atoms with Gasteiger partial charge in [-0.25, -0.2) is 0 Å². The Morgan fingerprint density at radius 2 is 1.85 bits per heavy atom. The monoisotopic (exact) mass is 354 g/mol. The number of aryl methyl sites for hydroxylation is 2. The molecule has 0 aliphatic heterocycles. The van der Waals surface area contributed by atoms with Crippen molar-refractivity contribution in [1.82, 2.24) is 15.5 Å². The molecular formula is C20H26N4O2. The lowest BCUT2D eigenvalue weighted by molar-refractivity contribution is -0.0164. The van der Waals surface area contributed by atoms with Crippen molar-refractivity contribution in [3.8, 4) is 5.75 Å². The first-order valence-corrected chi connectivity index (χ1v) is 8.79. The summed E-state index contributed by atoms with van der Waals surface area (Å²) in [6.45, 7) is 7.34. The smallest absolute Gasteiger partial charge is 0.147 e. The number of aliphatic hydroxyl groups is 1. The molecule has 138 valence electrons. The molecule has 0 saturated heterocycles. The highest BCUT2D eigenvalue weighted by atomic mass is 16.5. The van der Waals surface area contributed by atoms with Gasteiger partial charge in [0, 0.05) is 18.8 Å². The Bertz CT molecular complexity index is 853. The summed E-state index contributed by atoms with van der Waals surface area (Å²) in [4.78, 5) is 0. The molecule has 6 heteroatoms. The maximum atomic E-state index is 10.5. The van der Waals surface area contributed by atoms with Crippen molar-refractivity contribution < 1.29 is 9.84 Å². The zero-order valence-corrected chi connectivity index (χ0v) is 15.5.